The molecule has 0 spiro atoms. The van der Waals surface area contributed by atoms with Crippen LogP contribution in [0.3, 0.4) is 0 Å². The number of fused-ring (bicyclic) bond motifs is 2. The topological polar surface area (TPSA) is 76.7 Å². The Balaban J connectivity index is 1.43. The zero-order valence-electron chi connectivity index (χ0n) is 13.9. The number of oxime groups is 1. The second-order valence-corrected chi connectivity index (χ2v) is 7.39. The molecule has 2 bridgehead atoms. The molecule has 0 heterocycles. The van der Waals surface area contributed by atoms with Crippen LogP contribution in [0.2, 0.25) is 5.02 Å². The Labute approximate surface area is 147 Å². The summed E-state index contributed by atoms with van der Waals surface area (Å²) in [6.07, 6.45) is 5.26. The molecular weight excluding hydrogens is 326 g/mol. The lowest BCUT2D eigenvalue weighted by atomic mass is 9.84. The molecule has 0 radical (unpaired) electrons. The molecule has 5 nitrogen and oxygen atoms in total. The van der Waals surface area contributed by atoms with Crippen LogP contribution in [0.25, 0.3) is 0 Å². The normalized spacial score (nSPS) is 27.1. The summed E-state index contributed by atoms with van der Waals surface area (Å²) in [7, 11) is 0. The number of carbonyl (C=O) groups is 1. The molecule has 0 unspecified atom stereocenters. The molecule has 3 rings (SSSR count). The SMILES string of the molecule is C[C@@H](NC(=O)CO/N=C(/N)c1ccc(Cl)cc1)[C@H]1C[C@H]2CC[C@H]1C2. The van der Waals surface area contributed by atoms with Crippen molar-refractivity contribution in [1.29, 1.82) is 0 Å². The van der Waals surface area contributed by atoms with E-state index in [9.17, 15) is 4.79 Å². The largest absolute Gasteiger partial charge is 0.384 e. The summed E-state index contributed by atoms with van der Waals surface area (Å²) in [5.41, 5.74) is 6.53. The molecule has 2 aliphatic rings. The summed E-state index contributed by atoms with van der Waals surface area (Å²) in [6.45, 7) is 1.97. The van der Waals surface area contributed by atoms with E-state index in [1.54, 1.807) is 24.3 Å². The van der Waals surface area contributed by atoms with Crippen molar-refractivity contribution in [3.63, 3.8) is 0 Å². The Kier molecular flexibility index (Phi) is 5.29. The highest BCUT2D eigenvalue weighted by Crippen LogP contribution is 2.49. The second-order valence-electron chi connectivity index (χ2n) is 6.95. The number of amidine groups is 1. The van der Waals surface area contributed by atoms with Gasteiger partial charge in [-0.2, -0.15) is 0 Å². The molecule has 1 aromatic rings. The Bertz CT molecular complexity index is 617. The van der Waals surface area contributed by atoms with Crippen LogP contribution in [0.4, 0.5) is 0 Å². The van der Waals surface area contributed by atoms with Crippen LogP contribution in [0.5, 0.6) is 0 Å². The fraction of sp³-hybridized carbons (Fsp3) is 0.556. The van der Waals surface area contributed by atoms with E-state index in [4.69, 9.17) is 22.2 Å². The average Bonchev–Trinajstić information content (AvgIpc) is 3.18. The molecule has 1 aromatic carbocycles. The third kappa shape index (κ3) is 4.01. The number of nitrogens with zero attached hydrogens (tertiary/aromatic N) is 1. The first-order valence-corrected chi connectivity index (χ1v) is 8.91. The van der Waals surface area contributed by atoms with E-state index in [1.165, 1.54) is 25.7 Å². The maximum absolute atomic E-state index is 12.0. The highest BCUT2D eigenvalue weighted by Gasteiger charge is 2.42. The number of carbonyl (C=O) groups excluding carboxylic acids is 1. The van der Waals surface area contributed by atoms with Gasteiger partial charge in [-0.3, -0.25) is 4.79 Å². The Hall–Kier alpha value is -1.75. The van der Waals surface area contributed by atoms with Gasteiger partial charge in [-0.1, -0.05) is 23.2 Å². The van der Waals surface area contributed by atoms with Crippen LogP contribution in [0.15, 0.2) is 29.4 Å². The minimum Gasteiger partial charge on any atom is -0.384 e. The van der Waals surface area contributed by atoms with E-state index in [-0.39, 0.29) is 24.4 Å². The number of hydrogen-bond acceptors (Lipinski definition) is 3. The van der Waals surface area contributed by atoms with Gasteiger partial charge in [-0.05, 0) is 68.2 Å². The van der Waals surface area contributed by atoms with Gasteiger partial charge >= 0.3 is 0 Å². The first-order valence-electron chi connectivity index (χ1n) is 8.53. The van der Waals surface area contributed by atoms with Crippen molar-refractivity contribution >= 4 is 23.3 Å². The zero-order chi connectivity index (χ0) is 17.1. The predicted octanol–water partition coefficient (Wildman–Crippen LogP) is 2.92. The Morgan fingerprint density at radius 3 is 2.75 bits per heavy atom. The van der Waals surface area contributed by atoms with Crippen molar-refractivity contribution in [2.45, 2.75) is 38.6 Å². The lowest BCUT2D eigenvalue weighted by Gasteiger charge is -2.28. The van der Waals surface area contributed by atoms with Crippen molar-refractivity contribution in [1.82, 2.24) is 5.32 Å². The average molecular weight is 350 g/mol. The molecule has 130 valence electrons. The van der Waals surface area contributed by atoms with Crippen LogP contribution in [-0.2, 0) is 9.63 Å². The van der Waals surface area contributed by atoms with Crippen molar-refractivity contribution in [2.75, 3.05) is 6.61 Å². The predicted molar refractivity (Wildman–Crippen MR) is 94.7 cm³/mol. The summed E-state index contributed by atoms with van der Waals surface area (Å²) in [5, 5.41) is 7.46. The molecule has 6 heteroatoms. The summed E-state index contributed by atoms with van der Waals surface area (Å²) >= 11 is 5.82. The van der Waals surface area contributed by atoms with Gasteiger partial charge in [-0.25, -0.2) is 0 Å². The second kappa shape index (κ2) is 7.43. The van der Waals surface area contributed by atoms with E-state index < -0.39 is 0 Å². The lowest BCUT2D eigenvalue weighted by molar-refractivity contribution is -0.126. The van der Waals surface area contributed by atoms with Crippen LogP contribution in [0, 0.1) is 17.8 Å². The molecule has 2 fully saturated rings. The van der Waals surface area contributed by atoms with Gasteiger partial charge < -0.3 is 15.9 Å². The number of halogens is 1. The summed E-state index contributed by atoms with van der Waals surface area (Å²) in [5.74, 6) is 2.33. The molecule has 0 aliphatic heterocycles. The third-order valence-corrected chi connectivity index (χ3v) is 5.57. The monoisotopic (exact) mass is 349 g/mol. The summed E-state index contributed by atoms with van der Waals surface area (Å²) < 4.78 is 0. The molecule has 0 saturated heterocycles. The standard InChI is InChI=1S/C18H24ClN3O2/c1-11(16-9-12-2-3-14(16)8-12)21-17(23)10-24-22-18(20)13-4-6-15(19)7-5-13/h4-7,11-12,14,16H,2-3,8-10H2,1H3,(H2,20,22)(H,21,23)/t11-,12+,14+,16-/m1/s1. The maximum atomic E-state index is 12.0. The quantitative estimate of drug-likeness (QED) is 0.471. The Morgan fingerprint density at radius 2 is 2.12 bits per heavy atom. The number of amides is 1. The molecule has 4 atom stereocenters. The molecule has 2 saturated carbocycles. The number of nitrogens with one attached hydrogen (secondary N) is 1. The van der Waals surface area contributed by atoms with Crippen LogP contribution >= 0.6 is 11.6 Å². The van der Waals surface area contributed by atoms with Gasteiger partial charge in [0.2, 0.25) is 0 Å². The molecule has 1 amide bonds. The van der Waals surface area contributed by atoms with E-state index in [0.717, 1.165) is 11.8 Å². The molecular formula is C18H24ClN3O2. The highest BCUT2D eigenvalue weighted by molar-refractivity contribution is 6.30. The lowest BCUT2D eigenvalue weighted by Crippen LogP contribution is -2.41. The molecule has 24 heavy (non-hydrogen) atoms. The van der Waals surface area contributed by atoms with E-state index in [0.29, 0.717) is 16.5 Å². The van der Waals surface area contributed by atoms with Gasteiger partial charge in [0.25, 0.3) is 5.91 Å². The molecule has 2 aliphatic carbocycles. The van der Waals surface area contributed by atoms with Gasteiger partial charge in [0.05, 0.1) is 0 Å². The summed E-state index contributed by atoms with van der Waals surface area (Å²) in [4.78, 5) is 17.1. The number of hydrogen-bond donors (Lipinski definition) is 2. The number of rotatable bonds is 6. The van der Waals surface area contributed by atoms with Crippen LogP contribution < -0.4 is 11.1 Å². The third-order valence-electron chi connectivity index (χ3n) is 5.32. The van der Waals surface area contributed by atoms with Gasteiger partial charge in [0.15, 0.2) is 12.4 Å². The number of benzene rings is 1. The summed E-state index contributed by atoms with van der Waals surface area (Å²) in [6, 6.07) is 7.14. The van der Waals surface area contributed by atoms with E-state index in [2.05, 4.69) is 17.4 Å². The van der Waals surface area contributed by atoms with Crippen molar-refractivity contribution in [2.24, 2.45) is 28.6 Å². The minimum atomic E-state index is -0.155. The first-order chi connectivity index (χ1) is 11.5. The van der Waals surface area contributed by atoms with Crippen molar-refractivity contribution in [3.05, 3.63) is 34.9 Å². The Morgan fingerprint density at radius 1 is 1.38 bits per heavy atom. The zero-order valence-corrected chi connectivity index (χ0v) is 14.6. The smallest absolute Gasteiger partial charge is 0.260 e. The van der Waals surface area contributed by atoms with Gasteiger partial charge in [0, 0.05) is 16.6 Å². The van der Waals surface area contributed by atoms with E-state index in [1.807, 2.05) is 0 Å². The highest BCUT2D eigenvalue weighted by atomic mass is 35.5. The van der Waals surface area contributed by atoms with Crippen LogP contribution in [0.1, 0.15) is 38.2 Å². The maximum Gasteiger partial charge on any atom is 0.260 e. The minimum absolute atomic E-state index is 0.126. The fourth-order valence-electron chi connectivity index (χ4n) is 4.14. The van der Waals surface area contributed by atoms with Crippen LogP contribution in [-0.4, -0.2) is 24.4 Å². The van der Waals surface area contributed by atoms with Crippen molar-refractivity contribution < 1.29 is 9.63 Å². The number of nitrogens with two attached hydrogens (primary N) is 1. The fourth-order valence-corrected chi connectivity index (χ4v) is 4.27. The first kappa shape index (κ1) is 17.1. The molecule has 0 aromatic heterocycles. The van der Waals surface area contributed by atoms with E-state index >= 15 is 0 Å². The molecule has 3 N–H and O–H groups in total. The van der Waals surface area contributed by atoms with Gasteiger partial charge in [0.1, 0.15) is 0 Å². The van der Waals surface area contributed by atoms with Crippen molar-refractivity contribution in [3.8, 4) is 0 Å². The van der Waals surface area contributed by atoms with Gasteiger partial charge in [-0.15, -0.1) is 0 Å².